The summed E-state index contributed by atoms with van der Waals surface area (Å²) in [7, 11) is 0. The Hall–Kier alpha value is -1.23. The molecule has 0 fully saturated rings. The second-order valence-corrected chi connectivity index (χ2v) is 4.18. The summed E-state index contributed by atoms with van der Waals surface area (Å²) in [5, 5.41) is 4.10. The lowest BCUT2D eigenvalue weighted by Crippen LogP contribution is -2.13. The summed E-state index contributed by atoms with van der Waals surface area (Å²) in [6.07, 6.45) is 4.24. The summed E-state index contributed by atoms with van der Waals surface area (Å²) in [5.41, 5.74) is 5.38. The van der Waals surface area contributed by atoms with Crippen molar-refractivity contribution in [1.82, 2.24) is 14.8 Å². The zero-order valence-corrected chi connectivity index (χ0v) is 10.0. The molecule has 0 atom stereocenters. The van der Waals surface area contributed by atoms with Crippen molar-refractivity contribution in [2.75, 3.05) is 6.54 Å². The van der Waals surface area contributed by atoms with E-state index in [9.17, 15) is 4.79 Å². The highest BCUT2D eigenvalue weighted by atomic mass is 16.1. The second-order valence-electron chi connectivity index (χ2n) is 4.18. The van der Waals surface area contributed by atoms with Gasteiger partial charge < -0.3 is 5.73 Å². The average molecular weight is 224 g/mol. The van der Waals surface area contributed by atoms with Crippen LogP contribution in [-0.4, -0.2) is 27.1 Å². The highest BCUT2D eigenvalue weighted by Crippen LogP contribution is 2.07. The summed E-state index contributed by atoms with van der Waals surface area (Å²) >= 11 is 0. The van der Waals surface area contributed by atoms with Gasteiger partial charge in [-0.1, -0.05) is 0 Å². The van der Waals surface area contributed by atoms with Crippen molar-refractivity contribution in [3.05, 3.63) is 12.2 Å². The number of aromatic nitrogens is 3. The van der Waals surface area contributed by atoms with E-state index in [4.69, 9.17) is 5.73 Å². The Balaban J connectivity index is 2.46. The molecule has 16 heavy (non-hydrogen) atoms. The molecule has 1 rings (SSSR count). The highest BCUT2D eigenvalue weighted by Gasteiger charge is 2.11. The number of carbonyl (C=O) groups is 1. The lowest BCUT2D eigenvalue weighted by molar-refractivity contribution is -0.118. The van der Waals surface area contributed by atoms with E-state index in [1.807, 2.05) is 13.8 Å². The molecule has 0 saturated heterocycles. The van der Waals surface area contributed by atoms with Crippen LogP contribution < -0.4 is 5.73 Å². The van der Waals surface area contributed by atoms with Crippen LogP contribution in [0.2, 0.25) is 0 Å². The molecule has 90 valence electrons. The van der Waals surface area contributed by atoms with Crippen LogP contribution >= 0.6 is 0 Å². The Morgan fingerprint density at radius 1 is 1.50 bits per heavy atom. The van der Waals surface area contributed by atoms with Crippen LogP contribution in [0, 0.1) is 0 Å². The van der Waals surface area contributed by atoms with Crippen molar-refractivity contribution in [3.8, 4) is 0 Å². The summed E-state index contributed by atoms with van der Waals surface area (Å²) in [4.78, 5) is 15.8. The van der Waals surface area contributed by atoms with Gasteiger partial charge >= 0.3 is 0 Å². The normalized spacial score (nSPS) is 11.0. The first kappa shape index (κ1) is 12.8. The maximum Gasteiger partial charge on any atom is 0.140 e. The van der Waals surface area contributed by atoms with Crippen LogP contribution in [-0.2, 0) is 11.2 Å². The zero-order chi connectivity index (χ0) is 12.0. The molecule has 0 radical (unpaired) electrons. The van der Waals surface area contributed by atoms with Crippen LogP contribution in [0.1, 0.15) is 45.0 Å². The minimum absolute atomic E-state index is 0.211. The molecule has 1 heterocycles. The molecule has 0 aromatic carbocycles. The summed E-state index contributed by atoms with van der Waals surface area (Å²) in [6, 6.07) is 0.245. The Labute approximate surface area is 96.0 Å². The molecule has 0 bridgehead atoms. The van der Waals surface area contributed by atoms with Crippen molar-refractivity contribution in [2.24, 2.45) is 5.73 Å². The number of unbranched alkanes of at least 4 members (excludes halogenated alkanes) is 1. The molecule has 5 nitrogen and oxygen atoms in total. The van der Waals surface area contributed by atoms with Crippen LogP contribution in [0.15, 0.2) is 6.33 Å². The van der Waals surface area contributed by atoms with Crippen molar-refractivity contribution < 1.29 is 4.79 Å². The van der Waals surface area contributed by atoms with Gasteiger partial charge in [-0.25, -0.2) is 9.67 Å². The Morgan fingerprint density at radius 3 is 2.88 bits per heavy atom. The van der Waals surface area contributed by atoms with Gasteiger partial charge in [0.1, 0.15) is 17.9 Å². The SMILES string of the molecule is CC(C)n1ncnc1CC(=O)CCCCN. The van der Waals surface area contributed by atoms with E-state index >= 15 is 0 Å². The third-order valence-electron chi connectivity index (χ3n) is 2.40. The minimum Gasteiger partial charge on any atom is -0.330 e. The van der Waals surface area contributed by atoms with E-state index in [0.717, 1.165) is 18.7 Å². The summed E-state index contributed by atoms with van der Waals surface area (Å²) in [5.74, 6) is 0.969. The van der Waals surface area contributed by atoms with E-state index in [1.54, 1.807) is 4.68 Å². The number of Topliss-reactive ketones (excluding diaryl/α,β-unsaturated/α-hetero) is 1. The number of nitrogens with two attached hydrogens (primary N) is 1. The van der Waals surface area contributed by atoms with E-state index in [0.29, 0.717) is 19.4 Å². The molecule has 0 unspecified atom stereocenters. The third-order valence-corrected chi connectivity index (χ3v) is 2.40. The molecule has 0 aliphatic rings. The van der Waals surface area contributed by atoms with Gasteiger partial charge in [-0.3, -0.25) is 4.79 Å². The lowest BCUT2D eigenvalue weighted by Gasteiger charge is -2.08. The molecule has 0 aliphatic carbocycles. The van der Waals surface area contributed by atoms with E-state index in [-0.39, 0.29) is 11.8 Å². The van der Waals surface area contributed by atoms with Gasteiger partial charge in [0.05, 0.1) is 6.42 Å². The fourth-order valence-electron chi connectivity index (χ4n) is 1.56. The van der Waals surface area contributed by atoms with Crippen molar-refractivity contribution >= 4 is 5.78 Å². The fraction of sp³-hybridized carbons (Fsp3) is 0.727. The van der Waals surface area contributed by atoms with Gasteiger partial charge in [0.2, 0.25) is 0 Å². The Bertz CT molecular complexity index is 332. The first-order chi connectivity index (χ1) is 7.65. The highest BCUT2D eigenvalue weighted by molar-refractivity contribution is 5.80. The van der Waals surface area contributed by atoms with E-state index in [1.165, 1.54) is 6.33 Å². The predicted octanol–water partition coefficient (Wildman–Crippen LogP) is 1.10. The zero-order valence-electron chi connectivity index (χ0n) is 10.0. The standard InChI is InChI=1S/C11H20N4O/c1-9(2)15-11(13-8-14-15)7-10(16)5-3-4-6-12/h8-9H,3-7,12H2,1-2H3. The number of nitrogens with zero attached hydrogens (tertiary/aromatic N) is 3. The summed E-state index contributed by atoms with van der Waals surface area (Å²) < 4.78 is 1.79. The molecule has 5 heteroatoms. The van der Waals surface area contributed by atoms with Crippen molar-refractivity contribution in [3.63, 3.8) is 0 Å². The molecule has 0 aliphatic heterocycles. The van der Waals surface area contributed by atoms with Crippen molar-refractivity contribution in [2.45, 2.75) is 45.6 Å². The van der Waals surface area contributed by atoms with E-state index in [2.05, 4.69) is 10.1 Å². The van der Waals surface area contributed by atoms with Crippen LogP contribution in [0.5, 0.6) is 0 Å². The third kappa shape index (κ3) is 3.73. The monoisotopic (exact) mass is 224 g/mol. The number of ketones is 1. The molecule has 0 amide bonds. The van der Waals surface area contributed by atoms with Gasteiger partial charge in [0.25, 0.3) is 0 Å². The quantitative estimate of drug-likeness (QED) is 0.704. The number of rotatable bonds is 7. The van der Waals surface area contributed by atoms with Gasteiger partial charge in [-0.2, -0.15) is 5.10 Å². The second kappa shape index (κ2) is 6.37. The first-order valence-corrected chi connectivity index (χ1v) is 5.75. The van der Waals surface area contributed by atoms with Crippen molar-refractivity contribution in [1.29, 1.82) is 0 Å². The predicted molar refractivity (Wildman–Crippen MR) is 62.0 cm³/mol. The molecule has 1 aromatic rings. The fourth-order valence-corrected chi connectivity index (χ4v) is 1.56. The molecule has 0 saturated carbocycles. The maximum absolute atomic E-state index is 11.6. The van der Waals surface area contributed by atoms with Gasteiger partial charge in [-0.05, 0) is 33.2 Å². The first-order valence-electron chi connectivity index (χ1n) is 5.75. The Morgan fingerprint density at radius 2 is 2.25 bits per heavy atom. The molecule has 2 N–H and O–H groups in total. The number of carbonyl (C=O) groups excluding carboxylic acids is 1. The van der Waals surface area contributed by atoms with Crippen LogP contribution in [0.3, 0.4) is 0 Å². The lowest BCUT2D eigenvalue weighted by atomic mass is 10.1. The average Bonchev–Trinajstić information content (AvgIpc) is 2.66. The molecule has 0 spiro atoms. The topological polar surface area (TPSA) is 73.8 Å². The maximum atomic E-state index is 11.6. The minimum atomic E-state index is 0.211. The van der Waals surface area contributed by atoms with Gasteiger partial charge in [0, 0.05) is 12.5 Å². The van der Waals surface area contributed by atoms with Crippen LogP contribution in [0.4, 0.5) is 0 Å². The molecule has 1 aromatic heterocycles. The largest absolute Gasteiger partial charge is 0.330 e. The van der Waals surface area contributed by atoms with E-state index < -0.39 is 0 Å². The Kier molecular flexibility index (Phi) is 5.11. The molecular formula is C11H20N4O. The smallest absolute Gasteiger partial charge is 0.140 e. The number of hydrogen-bond donors (Lipinski definition) is 1. The summed E-state index contributed by atoms with van der Waals surface area (Å²) in [6.45, 7) is 4.70. The molecular weight excluding hydrogens is 204 g/mol. The van der Waals surface area contributed by atoms with Gasteiger partial charge in [-0.15, -0.1) is 0 Å². The van der Waals surface area contributed by atoms with Gasteiger partial charge in [0.15, 0.2) is 0 Å². The van der Waals surface area contributed by atoms with Crippen LogP contribution in [0.25, 0.3) is 0 Å². The number of hydrogen-bond acceptors (Lipinski definition) is 4.